The second kappa shape index (κ2) is 5.30. The molecule has 106 valence electrons. The summed E-state index contributed by atoms with van der Waals surface area (Å²) in [6.45, 7) is 6.07. The smallest absolute Gasteiger partial charge is 0.332 e. The van der Waals surface area contributed by atoms with Crippen molar-refractivity contribution < 1.29 is 19.4 Å². The number of carbonyl (C=O) groups is 2. The number of ether oxygens (including phenoxy) is 1. The van der Waals surface area contributed by atoms with Gasteiger partial charge in [0.2, 0.25) is 5.91 Å². The molecule has 1 heterocycles. The summed E-state index contributed by atoms with van der Waals surface area (Å²) in [7, 11) is 0. The van der Waals surface area contributed by atoms with Gasteiger partial charge in [0.05, 0.1) is 18.8 Å². The maximum atomic E-state index is 12.1. The third-order valence-electron chi connectivity index (χ3n) is 3.71. The molecule has 0 bridgehead atoms. The second-order valence-electron chi connectivity index (χ2n) is 5.08. The summed E-state index contributed by atoms with van der Waals surface area (Å²) in [6, 6.07) is -0.452. The molecule has 1 aliphatic carbocycles. The Morgan fingerprint density at radius 3 is 2.84 bits per heavy atom. The highest BCUT2D eigenvalue weighted by Crippen LogP contribution is 2.45. The van der Waals surface area contributed by atoms with Crippen molar-refractivity contribution in [2.75, 3.05) is 13.2 Å². The summed E-state index contributed by atoms with van der Waals surface area (Å²) in [5, 5.41) is 15.1. The number of hydrogen-bond acceptors (Lipinski definition) is 5. The Labute approximate surface area is 112 Å². The van der Waals surface area contributed by atoms with Crippen LogP contribution in [0.15, 0.2) is 12.7 Å². The van der Waals surface area contributed by atoms with Gasteiger partial charge >= 0.3 is 5.97 Å². The molecule has 19 heavy (non-hydrogen) atoms. The summed E-state index contributed by atoms with van der Waals surface area (Å²) in [6.07, 6.45) is 2.04. The number of amides is 1. The Balaban J connectivity index is 2.00. The van der Waals surface area contributed by atoms with Crippen LogP contribution in [0, 0.1) is 5.92 Å². The van der Waals surface area contributed by atoms with Crippen molar-refractivity contribution in [3.63, 3.8) is 0 Å². The maximum Gasteiger partial charge on any atom is 0.332 e. The second-order valence-corrected chi connectivity index (χ2v) is 5.08. The average molecular weight is 268 g/mol. The number of esters is 1. The SMILES string of the molecule is C=C[C@@H]1C[C@]1(NC(=O)[C@@H]1CC(O)CN1)C(=O)OCC. The minimum atomic E-state index is -0.954. The minimum absolute atomic E-state index is 0.0816. The van der Waals surface area contributed by atoms with Crippen LogP contribution >= 0.6 is 0 Å². The minimum Gasteiger partial charge on any atom is -0.464 e. The first kappa shape index (κ1) is 14.0. The monoisotopic (exact) mass is 268 g/mol. The van der Waals surface area contributed by atoms with Crippen molar-refractivity contribution in [3.05, 3.63) is 12.7 Å². The Hall–Kier alpha value is -1.40. The summed E-state index contributed by atoms with van der Waals surface area (Å²) in [4.78, 5) is 24.0. The largest absolute Gasteiger partial charge is 0.464 e. The van der Waals surface area contributed by atoms with E-state index in [0.29, 0.717) is 19.4 Å². The predicted molar refractivity (Wildman–Crippen MR) is 68.2 cm³/mol. The zero-order valence-corrected chi connectivity index (χ0v) is 11.0. The molecule has 6 heteroatoms. The van der Waals surface area contributed by atoms with Crippen molar-refractivity contribution in [1.82, 2.24) is 10.6 Å². The lowest BCUT2D eigenvalue weighted by Crippen LogP contribution is -2.51. The number of aliphatic hydroxyl groups excluding tert-OH is 1. The van der Waals surface area contributed by atoms with Crippen molar-refractivity contribution in [2.24, 2.45) is 5.92 Å². The Bertz CT molecular complexity index is 398. The van der Waals surface area contributed by atoms with E-state index in [1.54, 1.807) is 13.0 Å². The van der Waals surface area contributed by atoms with Gasteiger partial charge in [0.1, 0.15) is 5.54 Å². The first-order valence-corrected chi connectivity index (χ1v) is 6.56. The lowest BCUT2D eigenvalue weighted by atomic mass is 10.1. The van der Waals surface area contributed by atoms with Gasteiger partial charge in [-0.3, -0.25) is 4.79 Å². The maximum absolute atomic E-state index is 12.1. The van der Waals surface area contributed by atoms with E-state index >= 15 is 0 Å². The number of hydrogen-bond donors (Lipinski definition) is 3. The van der Waals surface area contributed by atoms with E-state index in [9.17, 15) is 14.7 Å². The topological polar surface area (TPSA) is 87.7 Å². The van der Waals surface area contributed by atoms with E-state index < -0.39 is 23.7 Å². The zero-order valence-electron chi connectivity index (χ0n) is 11.0. The van der Waals surface area contributed by atoms with Crippen LogP contribution in [0.4, 0.5) is 0 Å². The molecular weight excluding hydrogens is 248 g/mol. The lowest BCUT2D eigenvalue weighted by molar-refractivity contribution is -0.149. The van der Waals surface area contributed by atoms with Gasteiger partial charge in [-0.25, -0.2) is 4.79 Å². The van der Waals surface area contributed by atoms with Gasteiger partial charge in [-0.05, 0) is 19.8 Å². The Kier molecular flexibility index (Phi) is 3.91. The van der Waals surface area contributed by atoms with Gasteiger partial charge in [0.25, 0.3) is 0 Å². The first-order chi connectivity index (χ1) is 9.03. The fraction of sp³-hybridized carbons (Fsp3) is 0.692. The fourth-order valence-corrected chi connectivity index (χ4v) is 2.49. The highest BCUT2D eigenvalue weighted by atomic mass is 16.5. The Morgan fingerprint density at radius 2 is 2.37 bits per heavy atom. The molecule has 3 N–H and O–H groups in total. The molecule has 2 rings (SSSR count). The molecule has 2 aliphatic rings. The quantitative estimate of drug-likeness (QED) is 0.455. The van der Waals surface area contributed by atoms with E-state index in [2.05, 4.69) is 17.2 Å². The van der Waals surface area contributed by atoms with Crippen LogP contribution in [0.2, 0.25) is 0 Å². The third kappa shape index (κ3) is 2.64. The van der Waals surface area contributed by atoms with Crippen LogP contribution in [0.1, 0.15) is 19.8 Å². The summed E-state index contributed by atoms with van der Waals surface area (Å²) in [5.41, 5.74) is -0.954. The standard InChI is InChI=1S/C13H20N2O4/c1-3-8-6-13(8,12(18)19-4-2)15-11(17)10-5-9(16)7-14-10/h3,8-10,14,16H,1,4-7H2,2H3,(H,15,17)/t8-,9?,10+,13-/m1/s1. The van der Waals surface area contributed by atoms with Crippen molar-refractivity contribution in [2.45, 2.75) is 37.5 Å². The number of β-amino-alcohol motifs (C(OH)–C–C–N with tert-alkyl or cyclic N) is 1. The van der Waals surface area contributed by atoms with Gasteiger partial charge in [-0.15, -0.1) is 6.58 Å². The van der Waals surface area contributed by atoms with E-state index in [4.69, 9.17) is 4.74 Å². The molecule has 1 amide bonds. The van der Waals surface area contributed by atoms with Gasteiger partial charge in [-0.1, -0.05) is 6.08 Å². The molecule has 6 nitrogen and oxygen atoms in total. The van der Waals surface area contributed by atoms with Crippen LogP contribution in [-0.4, -0.2) is 47.8 Å². The highest BCUT2D eigenvalue weighted by molar-refractivity contribution is 5.93. The number of aliphatic hydroxyl groups is 1. The molecule has 1 aliphatic heterocycles. The third-order valence-corrected chi connectivity index (χ3v) is 3.71. The molecule has 0 spiro atoms. The summed E-state index contributed by atoms with van der Waals surface area (Å²) >= 11 is 0. The molecule has 1 unspecified atom stereocenters. The highest BCUT2D eigenvalue weighted by Gasteiger charge is 2.61. The summed E-state index contributed by atoms with van der Waals surface area (Å²) < 4.78 is 5.01. The molecule has 0 aromatic carbocycles. The molecule has 2 fully saturated rings. The van der Waals surface area contributed by atoms with Crippen LogP contribution in [-0.2, 0) is 14.3 Å². The zero-order chi connectivity index (χ0) is 14.0. The van der Waals surface area contributed by atoms with Gasteiger partial charge in [-0.2, -0.15) is 0 Å². The van der Waals surface area contributed by atoms with Crippen molar-refractivity contribution in [3.8, 4) is 0 Å². The predicted octanol–water partition coefficient (Wildman–Crippen LogP) is -0.667. The number of nitrogens with one attached hydrogen (secondary N) is 2. The van der Waals surface area contributed by atoms with Gasteiger partial charge in [0, 0.05) is 12.5 Å². The lowest BCUT2D eigenvalue weighted by Gasteiger charge is -2.19. The molecule has 0 aromatic heterocycles. The van der Waals surface area contributed by atoms with E-state index in [1.165, 1.54) is 0 Å². The first-order valence-electron chi connectivity index (χ1n) is 6.56. The van der Waals surface area contributed by atoms with E-state index in [-0.39, 0.29) is 18.4 Å². The molecule has 0 radical (unpaired) electrons. The van der Waals surface area contributed by atoms with E-state index in [0.717, 1.165) is 0 Å². The normalized spacial score (nSPS) is 36.6. The van der Waals surface area contributed by atoms with E-state index in [1.807, 2.05) is 0 Å². The van der Waals surface area contributed by atoms with Gasteiger partial charge in [0.15, 0.2) is 0 Å². The average Bonchev–Trinajstić information content (AvgIpc) is 2.92. The van der Waals surface area contributed by atoms with Crippen molar-refractivity contribution in [1.29, 1.82) is 0 Å². The molecule has 1 saturated heterocycles. The van der Waals surface area contributed by atoms with Crippen LogP contribution in [0.5, 0.6) is 0 Å². The van der Waals surface area contributed by atoms with Gasteiger partial charge < -0.3 is 20.5 Å². The number of carbonyl (C=O) groups excluding carboxylic acids is 2. The molecule has 0 aromatic rings. The Morgan fingerprint density at radius 1 is 1.63 bits per heavy atom. The van der Waals surface area contributed by atoms with Crippen molar-refractivity contribution >= 4 is 11.9 Å². The van der Waals surface area contributed by atoms with Crippen LogP contribution < -0.4 is 10.6 Å². The molecule has 4 atom stereocenters. The van der Waals surface area contributed by atoms with Crippen LogP contribution in [0.25, 0.3) is 0 Å². The summed E-state index contributed by atoms with van der Waals surface area (Å²) in [5.74, 6) is -0.762. The molecular formula is C13H20N2O4. The van der Waals surface area contributed by atoms with Crippen LogP contribution in [0.3, 0.4) is 0 Å². The molecule has 1 saturated carbocycles. The fourth-order valence-electron chi connectivity index (χ4n) is 2.49. The number of rotatable bonds is 5.